The number of hydrogen-bond donors (Lipinski definition) is 3. The molecule has 0 radical (unpaired) electrons. The molecule has 6 nitrogen and oxygen atoms in total. The van der Waals surface area contributed by atoms with Gasteiger partial charge in [-0.15, -0.1) is 0 Å². The summed E-state index contributed by atoms with van der Waals surface area (Å²) in [6.07, 6.45) is 3.08. The van der Waals surface area contributed by atoms with E-state index >= 15 is 0 Å². The van der Waals surface area contributed by atoms with Crippen LogP contribution in [0, 0.1) is 0 Å². The highest BCUT2D eigenvalue weighted by molar-refractivity contribution is 6.30. The monoisotopic (exact) mass is 377 g/mol. The average Bonchev–Trinajstić information content (AvgIpc) is 2.67. The Kier molecular flexibility index (Phi) is 6.55. The van der Waals surface area contributed by atoms with Gasteiger partial charge < -0.3 is 25.2 Å². The second-order valence-electron chi connectivity index (χ2n) is 6.46. The van der Waals surface area contributed by atoms with Crippen LogP contribution < -0.4 is 15.0 Å². The first kappa shape index (κ1) is 18.8. The molecule has 0 bridgehead atoms. The summed E-state index contributed by atoms with van der Waals surface area (Å²) in [7, 11) is 0. The molecule has 1 aromatic carbocycles. The van der Waals surface area contributed by atoms with Crippen molar-refractivity contribution in [2.75, 3.05) is 31.1 Å². The highest BCUT2D eigenvalue weighted by Crippen LogP contribution is 2.19. The number of nitrogens with zero attached hydrogens (tertiary/aromatic N) is 2. The van der Waals surface area contributed by atoms with Gasteiger partial charge in [0.1, 0.15) is 30.0 Å². The van der Waals surface area contributed by atoms with E-state index < -0.39 is 6.10 Å². The maximum atomic E-state index is 10.1. The Morgan fingerprint density at radius 1 is 1.19 bits per heavy atom. The number of halogens is 1. The molecule has 1 aliphatic rings. The highest BCUT2D eigenvalue weighted by atomic mass is 35.5. The van der Waals surface area contributed by atoms with Crippen LogP contribution >= 0.6 is 11.6 Å². The van der Waals surface area contributed by atoms with E-state index in [1.54, 1.807) is 30.5 Å². The topological polar surface area (TPSA) is 77.8 Å². The second-order valence-corrected chi connectivity index (χ2v) is 6.90. The van der Waals surface area contributed by atoms with Crippen LogP contribution in [0.4, 0.5) is 5.82 Å². The van der Waals surface area contributed by atoms with Crippen LogP contribution in [0.25, 0.3) is 0 Å². The van der Waals surface area contributed by atoms with Crippen molar-refractivity contribution in [3.05, 3.63) is 47.6 Å². The van der Waals surface area contributed by atoms with E-state index in [2.05, 4.69) is 15.2 Å². The lowest BCUT2D eigenvalue weighted by molar-refractivity contribution is 0.102. The zero-order chi connectivity index (χ0) is 18.4. The number of ether oxygens (including phenoxy) is 1. The van der Waals surface area contributed by atoms with Gasteiger partial charge in [-0.25, -0.2) is 4.98 Å². The first-order valence-corrected chi connectivity index (χ1v) is 9.18. The van der Waals surface area contributed by atoms with Gasteiger partial charge in [-0.1, -0.05) is 11.6 Å². The number of pyridine rings is 1. The lowest BCUT2D eigenvalue weighted by Gasteiger charge is -2.33. The van der Waals surface area contributed by atoms with E-state index in [-0.39, 0.29) is 12.4 Å². The molecule has 1 unspecified atom stereocenters. The average molecular weight is 378 g/mol. The molecule has 1 saturated heterocycles. The predicted octanol–water partition coefficient (Wildman–Crippen LogP) is 2.44. The summed E-state index contributed by atoms with van der Waals surface area (Å²) >= 11 is 5.88. The number of aliphatic hydroxyl groups is 1. The molecular formula is C19H24ClN3O3. The number of anilines is 1. The van der Waals surface area contributed by atoms with E-state index in [4.69, 9.17) is 16.3 Å². The van der Waals surface area contributed by atoms with Gasteiger partial charge in [0.15, 0.2) is 0 Å². The van der Waals surface area contributed by atoms with Crippen LogP contribution in [0.5, 0.6) is 11.5 Å². The number of aromatic hydroxyl groups is 1. The summed E-state index contributed by atoms with van der Waals surface area (Å²) in [5, 5.41) is 23.4. The van der Waals surface area contributed by atoms with Gasteiger partial charge in [-0.05, 0) is 49.2 Å². The maximum Gasteiger partial charge on any atom is 0.128 e. The Morgan fingerprint density at radius 3 is 2.58 bits per heavy atom. The number of aliphatic hydroxyl groups excluding tert-OH is 1. The lowest BCUT2D eigenvalue weighted by Crippen LogP contribution is -2.45. The molecule has 2 heterocycles. The zero-order valence-electron chi connectivity index (χ0n) is 14.5. The molecule has 0 saturated carbocycles. The van der Waals surface area contributed by atoms with Crippen molar-refractivity contribution in [1.29, 1.82) is 0 Å². The van der Waals surface area contributed by atoms with Gasteiger partial charge in [0.2, 0.25) is 0 Å². The molecule has 3 N–H and O–H groups in total. The second kappa shape index (κ2) is 9.07. The number of benzene rings is 1. The Hall–Kier alpha value is -2.02. The molecule has 1 aliphatic heterocycles. The van der Waals surface area contributed by atoms with Gasteiger partial charge in [-0.3, -0.25) is 0 Å². The van der Waals surface area contributed by atoms with E-state index in [1.165, 1.54) is 0 Å². The summed E-state index contributed by atoms with van der Waals surface area (Å²) in [5.41, 5.74) is 0. The fourth-order valence-corrected chi connectivity index (χ4v) is 3.08. The summed E-state index contributed by atoms with van der Waals surface area (Å²) in [5.74, 6) is 1.78. The maximum absolute atomic E-state index is 10.1. The van der Waals surface area contributed by atoms with Crippen molar-refractivity contribution in [3.8, 4) is 11.5 Å². The van der Waals surface area contributed by atoms with E-state index in [9.17, 15) is 10.2 Å². The third-order valence-corrected chi connectivity index (χ3v) is 4.68. The molecule has 7 heteroatoms. The Bertz CT molecular complexity index is 673. The molecule has 1 atom stereocenters. The molecule has 2 aromatic rings. The van der Waals surface area contributed by atoms with Crippen molar-refractivity contribution in [2.45, 2.75) is 25.0 Å². The molecule has 0 aliphatic carbocycles. The minimum absolute atomic E-state index is 0.194. The lowest BCUT2D eigenvalue weighted by atomic mass is 10.0. The molecule has 0 spiro atoms. The Balaban J connectivity index is 1.35. The van der Waals surface area contributed by atoms with E-state index in [0.717, 1.165) is 31.7 Å². The first-order chi connectivity index (χ1) is 12.6. The van der Waals surface area contributed by atoms with Gasteiger partial charge >= 0.3 is 0 Å². The molecular weight excluding hydrogens is 354 g/mol. The number of phenols is 1. The fourth-order valence-electron chi connectivity index (χ4n) is 2.96. The van der Waals surface area contributed by atoms with Crippen LogP contribution in [0.2, 0.25) is 5.02 Å². The van der Waals surface area contributed by atoms with Crippen molar-refractivity contribution in [1.82, 2.24) is 10.3 Å². The number of phenolic OH excluding ortho intramolecular Hbond substituents is 1. The van der Waals surface area contributed by atoms with Crippen LogP contribution in [-0.2, 0) is 0 Å². The predicted molar refractivity (Wildman–Crippen MR) is 102 cm³/mol. The van der Waals surface area contributed by atoms with Crippen molar-refractivity contribution in [2.24, 2.45) is 0 Å². The standard InChI is InChI=1S/C19H24ClN3O3/c20-14-1-6-19(22-11-14)23-9-7-15(8-10-23)21-12-17(25)13-26-18-4-2-16(24)3-5-18/h1-6,11,15,17,21,24-25H,7-10,12-13H2. The third-order valence-electron chi connectivity index (χ3n) is 4.45. The molecule has 1 fully saturated rings. The highest BCUT2D eigenvalue weighted by Gasteiger charge is 2.20. The van der Waals surface area contributed by atoms with Crippen LogP contribution in [0.1, 0.15) is 12.8 Å². The number of nitrogens with one attached hydrogen (secondary N) is 1. The molecule has 140 valence electrons. The number of hydrogen-bond acceptors (Lipinski definition) is 6. The Labute approximate surface area is 158 Å². The summed E-state index contributed by atoms with van der Waals surface area (Å²) in [4.78, 5) is 6.61. The smallest absolute Gasteiger partial charge is 0.128 e. The van der Waals surface area contributed by atoms with Gasteiger partial charge in [0.05, 0.1) is 5.02 Å². The van der Waals surface area contributed by atoms with Crippen molar-refractivity contribution >= 4 is 17.4 Å². The summed E-state index contributed by atoms with van der Waals surface area (Å²) in [6.45, 7) is 2.55. The third kappa shape index (κ3) is 5.49. The molecule has 0 amide bonds. The zero-order valence-corrected chi connectivity index (χ0v) is 15.3. The normalized spacial score (nSPS) is 16.5. The first-order valence-electron chi connectivity index (χ1n) is 8.80. The van der Waals surface area contributed by atoms with Crippen LogP contribution in [0.15, 0.2) is 42.6 Å². The minimum atomic E-state index is -0.584. The quantitative estimate of drug-likeness (QED) is 0.688. The fraction of sp³-hybridized carbons (Fsp3) is 0.421. The Morgan fingerprint density at radius 2 is 1.92 bits per heavy atom. The SMILES string of the molecule is Oc1ccc(OCC(O)CNC2CCN(c3ccc(Cl)cn3)CC2)cc1. The molecule has 3 rings (SSSR count). The molecule has 26 heavy (non-hydrogen) atoms. The van der Waals surface area contributed by atoms with E-state index in [0.29, 0.717) is 23.4 Å². The van der Waals surface area contributed by atoms with Crippen molar-refractivity contribution < 1.29 is 14.9 Å². The number of piperidine rings is 1. The van der Waals surface area contributed by atoms with Gasteiger partial charge in [-0.2, -0.15) is 0 Å². The number of aromatic nitrogens is 1. The van der Waals surface area contributed by atoms with E-state index in [1.807, 2.05) is 12.1 Å². The minimum Gasteiger partial charge on any atom is -0.508 e. The van der Waals surface area contributed by atoms with Gasteiger partial charge in [0, 0.05) is 31.9 Å². The number of rotatable bonds is 7. The largest absolute Gasteiger partial charge is 0.508 e. The van der Waals surface area contributed by atoms with Crippen LogP contribution in [-0.4, -0.2) is 53.6 Å². The summed E-state index contributed by atoms with van der Waals surface area (Å²) in [6, 6.07) is 10.7. The van der Waals surface area contributed by atoms with Crippen molar-refractivity contribution in [3.63, 3.8) is 0 Å². The molecule has 1 aromatic heterocycles. The van der Waals surface area contributed by atoms with Crippen LogP contribution in [0.3, 0.4) is 0 Å². The van der Waals surface area contributed by atoms with Gasteiger partial charge in [0.25, 0.3) is 0 Å². The summed E-state index contributed by atoms with van der Waals surface area (Å²) < 4.78 is 5.52.